The van der Waals surface area contributed by atoms with E-state index in [1.165, 1.54) is 16.7 Å². The lowest BCUT2D eigenvalue weighted by Gasteiger charge is -2.10. The number of carbonyl (C=O) groups excluding carboxylic acids is 1. The second kappa shape index (κ2) is 12.1. The SMILES string of the molecule is C=C(CCCCCNC(=O)CSC(=C)C)Nc1ccc(SC)cc1. The molecule has 0 saturated heterocycles. The molecular weight excluding hydrogens is 336 g/mol. The van der Waals surface area contributed by atoms with E-state index in [0.717, 1.165) is 48.5 Å². The molecule has 0 aliphatic carbocycles. The molecule has 0 heterocycles. The Bertz CT molecular complexity index is 541. The number of rotatable bonds is 12. The van der Waals surface area contributed by atoms with Crippen LogP contribution in [-0.2, 0) is 4.79 Å². The first-order valence-corrected chi connectivity index (χ1v) is 10.4. The van der Waals surface area contributed by atoms with Crippen LogP contribution in [0, 0.1) is 0 Å². The first-order chi connectivity index (χ1) is 11.5. The molecule has 0 aromatic heterocycles. The molecule has 1 rings (SSSR count). The van der Waals surface area contributed by atoms with Gasteiger partial charge in [0.05, 0.1) is 5.75 Å². The van der Waals surface area contributed by atoms with Crippen LogP contribution in [0.1, 0.15) is 32.6 Å². The van der Waals surface area contributed by atoms with Crippen molar-refractivity contribution in [2.45, 2.75) is 37.5 Å². The van der Waals surface area contributed by atoms with Gasteiger partial charge >= 0.3 is 0 Å². The predicted molar refractivity (Wildman–Crippen MR) is 110 cm³/mol. The lowest BCUT2D eigenvalue weighted by Crippen LogP contribution is -2.26. The Labute approximate surface area is 154 Å². The minimum absolute atomic E-state index is 0.0859. The summed E-state index contributed by atoms with van der Waals surface area (Å²) >= 11 is 3.23. The van der Waals surface area contributed by atoms with Crippen molar-refractivity contribution < 1.29 is 4.79 Å². The molecule has 1 aromatic rings. The molecule has 0 bridgehead atoms. The van der Waals surface area contributed by atoms with Gasteiger partial charge in [-0.15, -0.1) is 23.5 Å². The van der Waals surface area contributed by atoms with Gasteiger partial charge in [-0.25, -0.2) is 0 Å². The molecule has 0 saturated carbocycles. The Morgan fingerprint density at radius 2 is 1.83 bits per heavy atom. The number of benzene rings is 1. The molecule has 1 amide bonds. The van der Waals surface area contributed by atoms with Crippen molar-refractivity contribution in [1.82, 2.24) is 5.32 Å². The second-order valence-corrected chi connectivity index (χ2v) is 7.76. The largest absolute Gasteiger partial charge is 0.359 e. The van der Waals surface area contributed by atoms with E-state index in [2.05, 4.69) is 54.3 Å². The zero-order valence-electron chi connectivity index (χ0n) is 14.7. The maximum atomic E-state index is 11.5. The van der Waals surface area contributed by atoms with Crippen molar-refractivity contribution in [3.8, 4) is 0 Å². The third-order valence-corrected chi connectivity index (χ3v) is 4.98. The number of carbonyl (C=O) groups is 1. The Morgan fingerprint density at radius 3 is 2.46 bits per heavy atom. The normalized spacial score (nSPS) is 10.2. The van der Waals surface area contributed by atoms with Crippen molar-refractivity contribution in [3.05, 3.63) is 48.0 Å². The van der Waals surface area contributed by atoms with Gasteiger partial charge < -0.3 is 10.6 Å². The average molecular weight is 365 g/mol. The van der Waals surface area contributed by atoms with Crippen LogP contribution in [0.5, 0.6) is 0 Å². The van der Waals surface area contributed by atoms with Gasteiger partial charge in [0.15, 0.2) is 0 Å². The molecule has 0 aliphatic rings. The molecule has 0 spiro atoms. The van der Waals surface area contributed by atoms with Gasteiger partial charge in [-0.3, -0.25) is 4.79 Å². The fourth-order valence-electron chi connectivity index (χ4n) is 2.05. The van der Waals surface area contributed by atoms with Crippen molar-refractivity contribution in [1.29, 1.82) is 0 Å². The van der Waals surface area contributed by atoms with E-state index in [9.17, 15) is 4.79 Å². The zero-order valence-corrected chi connectivity index (χ0v) is 16.3. The summed E-state index contributed by atoms with van der Waals surface area (Å²) in [6, 6.07) is 8.37. The van der Waals surface area contributed by atoms with Crippen LogP contribution in [-0.4, -0.2) is 24.5 Å². The Morgan fingerprint density at radius 1 is 1.12 bits per heavy atom. The van der Waals surface area contributed by atoms with Gasteiger partial charge in [-0.2, -0.15) is 0 Å². The van der Waals surface area contributed by atoms with E-state index in [1.54, 1.807) is 11.8 Å². The number of amides is 1. The lowest BCUT2D eigenvalue weighted by atomic mass is 10.1. The van der Waals surface area contributed by atoms with Crippen LogP contribution in [0.15, 0.2) is 52.9 Å². The molecule has 0 aliphatic heterocycles. The monoisotopic (exact) mass is 364 g/mol. The minimum Gasteiger partial charge on any atom is -0.359 e. The second-order valence-electron chi connectivity index (χ2n) is 5.61. The number of thioether (sulfide) groups is 2. The molecule has 0 fully saturated rings. The standard InChI is InChI=1S/C19H28N2OS2/c1-15(2)24-14-19(22)20-13-7-5-6-8-16(3)21-17-9-11-18(23-4)12-10-17/h9-12,21H,1,3,5-8,13-14H2,2,4H3,(H,20,22). The molecule has 2 N–H and O–H groups in total. The smallest absolute Gasteiger partial charge is 0.230 e. The Kier molecular flexibility index (Phi) is 10.4. The number of allylic oxidation sites excluding steroid dienone is 2. The Hall–Kier alpha value is -1.33. The quantitative estimate of drug-likeness (QED) is 0.391. The van der Waals surface area contributed by atoms with E-state index in [-0.39, 0.29) is 5.91 Å². The van der Waals surface area contributed by atoms with E-state index < -0.39 is 0 Å². The molecule has 0 unspecified atom stereocenters. The molecule has 0 atom stereocenters. The maximum absolute atomic E-state index is 11.5. The molecular formula is C19H28N2OS2. The third kappa shape index (κ3) is 9.73. The minimum atomic E-state index is 0.0859. The topological polar surface area (TPSA) is 41.1 Å². The fourth-order valence-corrected chi connectivity index (χ4v) is 2.94. The number of hydrogen-bond donors (Lipinski definition) is 2. The van der Waals surface area contributed by atoms with Gasteiger partial charge in [-0.05, 0) is 61.6 Å². The highest BCUT2D eigenvalue weighted by Gasteiger charge is 2.01. The van der Waals surface area contributed by atoms with Crippen molar-refractivity contribution >= 4 is 35.1 Å². The summed E-state index contributed by atoms with van der Waals surface area (Å²) in [6.45, 7) is 10.5. The molecule has 132 valence electrons. The summed E-state index contributed by atoms with van der Waals surface area (Å²) in [5.41, 5.74) is 2.12. The first-order valence-electron chi connectivity index (χ1n) is 8.15. The van der Waals surface area contributed by atoms with E-state index in [4.69, 9.17) is 0 Å². The molecule has 1 aromatic carbocycles. The molecule has 3 nitrogen and oxygen atoms in total. The first kappa shape index (κ1) is 20.7. The highest BCUT2D eigenvalue weighted by atomic mass is 32.2. The predicted octanol–water partition coefficient (Wildman–Crippen LogP) is 5.28. The maximum Gasteiger partial charge on any atom is 0.230 e. The van der Waals surface area contributed by atoms with E-state index >= 15 is 0 Å². The van der Waals surface area contributed by atoms with Crippen molar-refractivity contribution in [2.24, 2.45) is 0 Å². The average Bonchev–Trinajstić information content (AvgIpc) is 2.56. The summed E-state index contributed by atoms with van der Waals surface area (Å²) in [5.74, 6) is 0.550. The van der Waals surface area contributed by atoms with Crippen LogP contribution >= 0.6 is 23.5 Å². The summed E-state index contributed by atoms with van der Waals surface area (Å²) in [4.78, 5) is 13.8. The van der Waals surface area contributed by atoms with Crippen LogP contribution in [0.2, 0.25) is 0 Å². The van der Waals surface area contributed by atoms with E-state index in [1.807, 2.05) is 6.92 Å². The molecule has 0 radical (unpaired) electrons. The molecule has 5 heteroatoms. The number of anilines is 1. The van der Waals surface area contributed by atoms with E-state index in [0.29, 0.717) is 5.75 Å². The van der Waals surface area contributed by atoms with Crippen molar-refractivity contribution in [3.63, 3.8) is 0 Å². The number of hydrogen-bond acceptors (Lipinski definition) is 4. The number of nitrogens with one attached hydrogen (secondary N) is 2. The van der Waals surface area contributed by atoms with Gasteiger partial charge in [-0.1, -0.05) is 19.6 Å². The summed E-state index contributed by atoms with van der Waals surface area (Å²) in [5, 5.41) is 6.28. The van der Waals surface area contributed by atoms with Crippen LogP contribution in [0.4, 0.5) is 5.69 Å². The van der Waals surface area contributed by atoms with Crippen LogP contribution < -0.4 is 10.6 Å². The summed E-state index contributed by atoms with van der Waals surface area (Å²) in [7, 11) is 0. The summed E-state index contributed by atoms with van der Waals surface area (Å²) < 4.78 is 0. The van der Waals surface area contributed by atoms with Gasteiger partial charge in [0.2, 0.25) is 5.91 Å². The lowest BCUT2D eigenvalue weighted by molar-refractivity contribution is -0.118. The Balaban J connectivity index is 2.06. The molecule has 24 heavy (non-hydrogen) atoms. The van der Waals surface area contributed by atoms with Gasteiger partial charge in [0.25, 0.3) is 0 Å². The summed E-state index contributed by atoms with van der Waals surface area (Å²) in [6.07, 6.45) is 6.18. The van der Waals surface area contributed by atoms with Crippen LogP contribution in [0.3, 0.4) is 0 Å². The van der Waals surface area contributed by atoms with Gasteiger partial charge in [0, 0.05) is 22.8 Å². The van der Waals surface area contributed by atoms with Crippen LogP contribution in [0.25, 0.3) is 0 Å². The third-order valence-electron chi connectivity index (χ3n) is 3.34. The number of unbranched alkanes of at least 4 members (excludes halogenated alkanes) is 2. The zero-order chi connectivity index (χ0) is 17.8. The van der Waals surface area contributed by atoms with Gasteiger partial charge in [0.1, 0.15) is 0 Å². The fraction of sp³-hybridized carbons (Fsp3) is 0.421. The highest BCUT2D eigenvalue weighted by molar-refractivity contribution is 8.03. The highest BCUT2D eigenvalue weighted by Crippen LogP contribution is 2.19. The van der Waals surface area contributed by atoms with Crippen molar-refractivity contribution in [2.75, 3.05) is 23.9 Å².